The van der Waals surface area contributed by atoms with Crippen molar-refractivity contribution in [1.29, 1.82) is 0 Å². The number of hydrogen-bond acceptors (Lipinski definition) is 1. The maximum atomic E-state index is 5.47. The van der Waals surface area contributed by atoms with Crippen LogP contribution >= 0.6 is 0 Å². The average Bonchev–Trinajstić information content (AvgIpc) is 2.18. The van der Waals surface area contributed by atoms with E-state index >= 15 is 0 Å². The molecule has 1 unspecified atom stereocenters. The lowest BCUT2D eigenvalue weighted by molar-refractivity contribution is 0.397. The molecule has 0 amide bonds. The smallest absolute Gasteiger partial charge is 0.00745 e. The summed E-state index contributed by atoms with van der Waals surface area (Å²) in [6, 6.07) is 0. The van der Waals surface area contributed by atoms with Gasteiger partial charge in [0.1, 0.15) is 0 Å². The van der Waals surface area contributed by atoms with Crippen molar-refractivity contribution < 1.29 is 0 Å². The molecule has 1 heteroatoms. The topological polar surface area (TPSA) is 26.0 Å². The molecule has 0 aromatic heterocycles. The molecule has 0 aromatic rings. The summed E-state index contributed by atoms with van der Waals surface area (Å²) in [6.07, 6.45) is 5.55. The lowest BCUT2D eigenvalue weighted by Gasteiger charge is -2.12. The molecule has 1 saturated carbocycles. The number of hydrogen-bond donors (Lipinski definition) is 1. The van der Waals surface area contributed by atoms with Crippen LogP contribution < -0.4 is 5.73 Å². The van der Waals surface area contributed by atoms with Crippen LogP contribution in [0.4, 0.5) is 0 Å². The third-order valence-electron chi connectivity index (χ3n) is 2.58. The van der Waals surface area contributed by atoms with E-state index in [-0.39, 0.29) is 0 Å². The normalized spacial score (nSPS) is 35.3. The van der Waals surface area contributed by atoms with Crippen molar-refractivity contribution in [1.82, 2.24) is 0 Å². The molecule has 1 nitrogen and oxygen atoms in total. The van der Waals surface area contributed by atoms with E-state index in [1.807, 2.05) is 0 Å². The van der Waals surface area contributed by atoms with E-state index in [9.17, 15) is 0 Å². The molecule has 2 atom stereocenters. The van der Waals surface area contributed by atoms with Gasteiger partial charge in [-0.2, -0.15) is 0 Å². The van der Waals surface area contributed by atoms with Crippen LogP contribution in [0, 0.1) is 11.8 Å². The SMILES string of the molecule is C[C@H]1CCCC1CCN. The summed E-state index contributed by atoms with van der Waals surface area (Å²) in [7, 11) is 0. The summed E-state index contributed by atoms with van der Waals surface area (Å²) >= 11 is 0. The summed E-state index contributed by atoms with van der Waals surface area (Å²) in [5, 5.41) is 0. The van der Waals surface area contributed by atoms with Gasteiger partial charge in [-0.1, -0.05) is 26.2 Å². The van der Waals surface area contributed by atoms with Gasteiger partial charge >= 0.3 is 0 Å². The van der Waals surface area contributed by atoms with Crippen LogP contribution in [0.2, 0.25) is 0 Å². The second-order valence-electron chi connectivity index (χ2n) is 3.25. The van der Waals surface area contributed by atoms with Crippen LogP contribution in [0.15, 0.2) is 0 Å². The molecule has 1 aliphatic rings. The van der Waals surface area contributed by atoms with Gasteiger partial charge in [0.2, 0.25) is 0 Å². The molecule has 0 heterocycles. The van der Waals surface area contributed by atoms with E-state index in [4.69, 9.17) is 5.73 Å². The fraction of sp³-hybridized carbons (Fsp3) is 1.00. The predicted molar refractivity (Wildman–Crippen MR) is 40.2 cm³/mol. The molecule has 1 fully saturated rings. The van der Waals surface area contributed by atoms with Crippen molar-refractivity contribution in [2.75, 3.05) is 6.54 Å². The average molecular weight is 127 g/mol. The molecule has 1 aliphatic carbocycles. The van der Waals surface area contributed by atoms with Gasteiger partial charge in [0.05, 0.1) is 0 Å². The molecular formula is C8H17N. The summed E-state index contributed by atoms with van der Waals surface area (Å²) in [5.74, 6) is 1.91. The van der Waals surface area contributed by atoms with Crippen molar-refractivity contribution in [2.24, 2.45) is 17.6 Å². The fourth-order valence-electron chi connectivity index (χ4n) is 1.87. The van der Waals surface area contributed by atoms with Crippen LogP contribution in [0.25, 0.3) is 0 Å². The first-order valence-corrected chi connectivity index (χ1v) is 4.04. The first kappa shape index (κ1) is 7.07. The van der Waals surface area contributed by atoms with Crippen LogP contribution in [-0.2, 0) is 0 Å². The van der Waals surface area contributed by atoms with Gasteiger partial charge in [-0.15, -0.1) is 0 Å². The van der Waals surface area contributed by atoms with E-state index in [1.54, 1.807) is 0 Å². The van der Waals surface area contributed by atoms with Crippen molar-refractivity contribution in [2.45, 2.75) is 32.6 Å². The van der Waals surface area contributed by atoms with E-state index in [2.05, 4.69) is 6.92 Å². The Morgan fingerprint density at radius 1 is 1.44 bits per heavy atom. The molecule has 0 aromatic carbocycles. The summed E-state index contributed by atoms with van der Waals surface area (Å²) in [6.45, 7) is 3.24. The maximum Gasteiger partial charge on any atom is -0.00745 e. The van der Waals surface area contributed by atoms with E-state index in [0.29, 0.717) is 0 Å². The monoisotopic (exact) mass is 127 g/mol. The Balaban J connectivity index is 2.22. The first-order chi connectivity index (χ1) is 4.34. The van der Waals surface area contributed by atoms with E-state index in [1.165, 1.54) is 25.7 Å². The quantitative estimate of drug-likeness (QED) is 0.601. The zero-order chi connectivity index (χ0) is 6.69. The van der Waals surface area contributed by atoms with Crippen LogP contribution in [0.1, 0.15) is 32.6 Å². The van der Waals surface area contributed by atoms with Gasteiger partial charge in [-0.25, -0.2) is 0 Å². The molecule has 54 valence electrons. The van der Waals surface area contributed by atoms with Crippen molar-refractivity contribution in [3.05, 3.63) is 0 Å². The Labute approximate surface area is 57.6 Å². The number of nitrogens with two attached hydrogens (primary N) is 1. The van der Waals surface area contributed by atoms with Crippen LogP contribution in [0.3, 0.4) is 0 Å². The third-order valence-corrected chi connectivity index (χ3v) is 2.58. The highest BCUT2D eigenvalue weighted by Gasteiger charge is 2.21. The maximum absolute atomic E-state index is 5.47. The highest BCUT2D eigenvalue weighted by Crippen LogP contribution is 2.32. The summed E-state index contributed by atoms with van der Waals surface area (Å²) in [4.78, 5) is 0. The van der Waals surface area contributed by atoms with Crippen molar-refractivity contribution in [3.8, 4) is 0 Å². The highest BCUT2D eigenvalue weighted by molar-refractivity contribution is 4.73. The molecule has 0 bridgehead atoms. The zero-order valence-corrected chi connectivity index (χ0v) is 6.27. The molecule has 0 aliphatic heterocycles. The first-order valence-electron chi connectivity index (χ1n) is 4.04. The molecule has 2 N–H and O–H groups in total. The second kappa shape index (κ2) is 3.21. The van der Waals surface area contributed by atoms with Gasteiger partial charge in [0.25, 0.3) is 0 Å². The zero-order valence-electron chi connectivity index (χ0n) is 6.27. The Morgan fingerprint density at radius 3 is 2.67 bits per heavy atom. The summed E-state index contributed by atoms with van der Waals surface area (Å²) < 4.78 is 0. The standard InChI is InChI=1S/C8H17N/c1-7-3-2-4-8(7)5-6-9/h7-8H,2-6,9H2,1H3/t7-,8?/m0/s1. The molecule has 0 spiro atoms. The Bertz CT molecular complexity index is 80.6. The van der Waals surface area contributed by atoms with Crippen molar-refractivity contribution in [3.63, 3.8) is 0 Å². The minimum atomic E-state index is 0.884. The Morgan fingerprint density at radius 2 is 2.22 bits per heavy atom. The van der Waals surface area contributed by atoms with Gasteiger partial charge in [0, 0.05) is 0 Å². The molecule has 9 heavy (non-hydrogen) atoms. The van der Waals surface area contributed by atoms with Gasteiger partial charge in [-0.05, 0) is 24.8 Å². The van der Waals surface area contributed by atoms with E-state index < -0.39 is 0 Å². The Kier molecular flexibility index (Phi) is 2.52. The largest absolute Gasteiger partial charge is 0.330 e. The molecule has 0 radical (unpaired) electrons. The van der Waals surface area contributed by atoms with Crippen LogP contribution in [0.5, 0.6) is 0 Å². The highest BCUT2D eigenvalue weighted by atomic mass is 14.5. The van der Waals surface area contributed by atoms with Gasteiger partial charge in [0.15, 0.2) is 0 Å². The minimum absolute atomic E-state index is 0.884. The van der Waals surface area contributed by atoms with E-state index in [0.717, 1.165) is 18.4 Å². The Hall–Kier alpha value is -0.0400. The van der Waals surface area contributed by atoms with Gasteiger partial charge < -0.3 is 5.73 Å². The predicted octanol–water partition coefficient (Wildman–Crippen LogP) is 1.77. The second-order valence-corrected chi connectivity index (χ2v) is 3.25. The number of rotatable bonds is 2. The van der Waals surface area contributed by atoms with Crippen LogP contribution in [-0.4, -0.2) is 6.54 Å². The molecule has 1 rings (SSSR count). The minimum Gasteiger partial charge on any atom is -0.330 e. The van der Waals surface area contributed by atoms with Gasteiger partial charge in [-0.3, -0.25) is 0 Å². The molecular weight excluding hydrogens is 110 g/mol. The third kappa shape index (κ3) is 1.68. The fourth-order valence-corrected chi connectivity index (χ4v) is 1.87. The lowest BCUT2D eigenvalue weighted by atomic mass is 9.95. The lowest BCUT2D eigenvalue weighted by Crippen LogP contribution is -2.10. The summed E-state index contributed by atoms with van der Waals surface area (Å²) in [5.41, 5.74) is 5.47. The van der Waals surface area contributed by atoms with Crippen molar-refractivity contribution >= 4 is 0 Å². The molecule has 0 saturated heterocycles.